The van der Waals surface area contributed by atoms with E-state index in [1.807, 2.05) is 12.2 Å². The highest BCUT2D eigenvalue weighted by Crippen LogP contribution is 2.32. The Bertz CT molecular complexity index is 1040. The van der Waals surface area contributed by atoms with E-state index >= 15 is 0 Å². The summed E-state index contributed by atoms with van der Waals surface area (Å²) in [5.41, 5.74) is 3.57. The number of aromatic nitrogens is 2. The van der Waals surface area contributed by atoms with Crippen molar-refractivity contribution in [3.05, 3.63) is 56.4 Å². The zero-order chi connectivity index (χ0) is 19.5. The number of anilines is 1. The summed E-state index contributed by atoms with van der Waals surface area (Å²) >= 11 is 1.70. The van der Waals surface area contributed by atoms with Crippen LogP contribution in [0.2, 0.25) is 0 Å². The normalized spacial score (nSPS) is 14.4. The molecule has 0 aliphatic heterocycles. The predicted octanol–water partition coefficient (Wildman–Crippen LogP) is 5.27. The number of benzene rings is 1. The summed E-state index contributed by atoms with van der Waals surface area (Å²) in [6, 6.07) is 8.49. The highest BCUT2D eigenvalue weighted by atomic mass is 32.1. The van der Waals surface area contributed by atoms with Crippen LogP contribution >= 0.6 is 11.3 Å². The highest BCUT2D eigenvalue weighted by Gasteiger charge is 2.18. The average molecular weight is 394 g/mol. The van der Waals surface area contributed by atoms with Crippen LogP contribution in [-0.4, -0.2) is 23.1 Å². The Morgan fingerprint density at radius 1 is 1.07 bits per heavy atom. The largest absolute Gasteiger partial charge is 0.372 e. The predicted molar refractivity (Wildman–Crippen MR) is 120 cm³/mol. The van der Waals surface area contributed by atoms with Crippen molar-refractivity contribution in [2.45, 2.75) is 46.0 Å². The number of hydrogen-bond donors (Lipinski definition) is 1. The lowest BCUT2D eigenvalue weighted by molar-refractivity contribution is 0.713. The van der Waals surface area contributed by atoms with Gasteiger partial charge in [0, 0.05) is 23.7 Å². The van der Waals surface area contributed by atoms with Gasteiger partial charge in [-0.15, -0.1) is 11.3 Å². The van der Waals surface area contributed by atoms with Crippen LogP contribution < -0.4 is 10.5 Å². The molecule has 3 aromatic rings. The molecule has 1 aliphatic carbocycles. The van der Waals surface area contributed by atoms with Crippen LogP contribution in [-0.2, 0) is 12.8 Å². The maximum absolute atomic E-state index is 12.7. The Hall–Kier alpha value is -2.40. The molecule has 4 rings (SSSR count). The second-order valence-corrected chi connectivity index (χ2v) is 8.38. The average Bonchev–Trinajstić information content (AvgIpc) is 2.90. The number of aromatic amines is 1. The topological polar surface area (TPSA) is 49.0 Å². The molecule has 146 valence electrons. The van der Waals surface area contributed by atoms with Gasteiger partial charge in [0.05, 0.1) is 5.39 Å². The van der Waals surface area contributed by atoms with E-state index in [9.17, 15) is 4.79 Å². The van der Waals surface area contributed by atoms with E-state index < -0.39 is 0 Å². The van der Waals surface area contributed by atoms with Crippen molar-refractivity contribution in [2.75, 3.05) is 18.0 Å². The van der Waals surface area contributed by atoms with Crippen LogP contribution in [0.1, 0.15) is 54.9 Å². The van der Waals surface area contributed by atoms with E-state index in [4.69, 9.17) is 4.98 Å². The SMILES string of the molecule is CCN(CC)c1ccc(/C=C/c2nc3sc4c(c3c(=O)[nH]2)CCCCC4)cc1. The number of hydrogen-bond acceptors (Lipinski definition) is 4. The molecule has 0 fully saturated rings. The third kappa shape index (κ3) is 3.76. The van der Waals surface area contributed by atoms with Crippen molar-refractivity contribution < 1.29 is 0 Å². The molecule has 4 nitrogen and oxygen atoms in total. The van der Waals surface area contributed by atoms with Crippen LogP contribution in [0.15, 0.2) is 29.1 Å². The van der Waals surface area contributed by atoms with Gasteiger partial charge in [0.2, 0.25) is 0 Å². The lowest BCUT2D eigenvalue weighted by Crippen LogP contribution is -2.21. The second-order valence-electron chi connectivity index (χ2n) is 7.29. The third-order valence-electron chi connectivity index (χ3n) is 5.55. The third-order valence-corrected chi connectivity index (χ3v) is 6.73. The number of aryl methyl sites for hydroxylation is 2. The van der Waals surface area contributed by atoms with Crippen molar-refractivity contribution in [1.82, 2.24) is 9.97 Å². The van der Waals surface area contributed by atoms with Crippen LogP contribution in [0.3, 0.4) is 0 Å². The molecule has 0 saturated heterocycles. The summed E-state index contributed by atoms with van der Waals surface area (Å²) in [6.07, 6.45) is 9.64. The van der Waals surface area contributed by atoms with Gasteiger partial charge < -0.3 is 9.88 Å². The minimum absolute atomic E-state index is 0.000862. The molecule has 0 saturated carbocycles. The summed E-state index contributed by atoms with van der Waals surface area (Å²) in [5, 5.41) is 0.822. The van der Waals surface area contributed by atoms with Gasteiger partial charge in [0.15, 0.2) is 0 Å². The first-order valence-electron chi connectivity index (χ1n) is 10.3. The molecule has 0 radical (unpaired) electrons. The number of thiophene rings is 1. The Morgan fingerprint density at radius 3 is 2.57 bits per heavy atom. The number of H-pyrrole nitrogens is 1. The Labute approximate surface area is 169 Å². The monoisotopic (exact) mass is 393 g/mol. The van der Waals surface area contributed by atoms with E-state index in [2.05, 4.69) is 48.0 Å². The summed E-state index contributed by atoms with van der Waals surface area (Å²) in [6.45, 7) is 6.34. The minimum Gasteiger partial charge on any atom is -0.372 e. The molecule has 0 amide bonds. The van der Waals surface area contributed by atoms with E-state index in [-0.39, 0.29) is 5.56 Å². The van der Waals surface area contributed by atoms with Crippen molar-refractivity contribution in [1.29, 1.82) is 0 Å². The quantitative estimate of drug-likeness (QED) is 0.601. The van der Waals surface area contributed by atoms with Crippen LogP contribution in [0.4, 0.5) is 5.69 Å². The van der Waals surface area contributed by atoms with Crippen molar-refractivity contribution in [3.8, 4) is 0 Å². The number of nitrogens with zero attached hydrogens (tertiary/aromatic N) is 2. The molecule has 1 aromatic carbocycles. The molecular weight excluding hydrogens is 366 g/mol. The summed E-state index contributed by atoms with van der Waals surface area (Å²) in [4.78, 5) is 25.0. The maximum atomic E-state index is 12.7. The molecule has 2 aromatic heterocycles. The van der Waals surface area contributed by atoms with Gasteiger partial charge in [-0.25, -0.2) is 4.98 Å². The molecule has 1 aliphatic rings. The molecule has 28 heavy (non-hydrogen) atoms. The van der Waals surface area contributed by atoms with Gasteiger partial charge >= 0.3 is 0 Å². The number of nitrogens with one attached hydrogen (secondary N) is 1. The summed E-state index contributed by atoms with van der Waals surface area (Å²) in [5.74, 6) is 0.627. The van der Waals surface area contributed by atoms with Gasteiger partial charge in [-0.1, -0.05) is 24.6 Å². The van der Waals surface area contributed by atoms with Gasteiger partial charge in [-0.05, 0) is 68.9 Å². The maximum Gasteiger partial charge on any atom is 0.260 e. The molecule has 5 heteroatoms. The van der Waals surface area contributed by atoms with Crippen molar-refractivity contribution in [2.24, 2.45) is 0 Å². The smallest absolute Gasteiger partial charge is 0.260 e. The van der Waals surface area contributed by atoms with Crippen molar-refractivity contribution >= 4 is 39.4 Å². The van der Waals surface area contributed by atoms with E-state index in [0.29, 0.717) is 5.82 Å². The zero-order valence-electron chi connectivity index (χ0n) is 16.6. The fourth-order valence-electron chi connectivity index (χ4n) is 4.00. The Balaban J connectivity index is 1.60. The van der Waals surface area contributed by atoms with E-state index in [0.717, 1.165) is 41.7 Å². The lowest BCUT2D eigenvalue weighted by atomic mass is 10.1. The molecule has 0 atom stereocenters. The van der Waals surface area contributed by atoms with Crippen LogP contribution in [0.5, 0.6) is 0 Å². The standard InChI is InChI=1S/C23H27N3OS/c1-3-26(4-2)17-13-10-16(11-14-17)12-15-20-24-22(27)21-18-8-6-5-7-9-19(18)28-23(21)25-20/h10-15H,3-9H2,1-2H3,(H,24,25,27)/b15-12+. The molecule has 0 unspecified atom stereocenters. The fourth-order valence-corrected chi connectivity index (χ4v) is 5.27. The Kier molecular flexibility index (Phi) is 5.62. The first-order chi connectivity index (χ1) is 13.7. The first kappa shape index (κ1) is 18.9. The fraction of sp³-hybridized carbons (Fsp3) is 0.391. The summed E-state index contributed by atoms with van der Waals surface area (Å²) in [7, 11) is 0. The Morgan fingerprint density at radius 2 is 1.82 bits per heavy atom. The van der Waals surface area contributed by atoms with Crippen LogP contribution in [0.25, 0.3) is 22.4 Å². The molecule has 0 bridgehead atoms. The second kappa shape index (κ2) is 8.31. The molecule has 1 N–H and O–H groups in total. The van der Waals surface area contributed by atoms with E-state index in [1.165, 1.54) is 35.4 Å². The molecule has 2 heterocycles. The minimum atomic E-state index is 0.000862. The number of rotatable bonds is 5. The first-order valence-corrected chi connectivity index (χ1v) is 11.1. The van der Waals surface area contributed by atoms with Gasteiger partial charge in [0.1, 0.15) is 10.7 Å². The van der Waals surface area contributed by atoms with Crippen molar-refractivity contribution in [3.63, 3.8) is 0 Å². The van der Waals surface area contributed by atoms with Gasteiger partial charge in [0.25, 0.3) is 5.56 Å². The zero-order valence-corrected chi connectivity index (χ0v) is 17.4. The van der Waals surface area contributed by atoms with Gasteiger partial charge in [-0.2, -0.15) is 0 Å². The molecular formula is C23H27N3OS. The highest BCUT2D eigenvalue weighted by molar-refractivity contribution is 7.18. The lowest BCUT2D eigenvalue weighted by Gasteiger charge is -2.20. The van der Waals surface area contributed by atoms with Gasteiger partial charge in [-0.3, -0.25) is 4.79 Å². The van der Waals surface area contributed by atoms with E-state index in [1.54, 1.807) is 11.3 Å². The number of fused-ring (bicyclic) bond motifs is 3. The molecule has 0 spiro atoms. The summed E-state index contributed by atoms with van der Waals surface area (Å²) < 4.78 is 0. The van der Waals surface area contributed by atoms with Crippen LogP contribution in [0, 0.1) is 0 Å².